The summed E-state index contributed by atoms with van der Waals surface area (Å²) >= 11 is 0. The van der Waals surface area contributed by atoms with Crippen molar-refractivity contribution in [2.24, 2.45) is 0 Å². The summed E-state index contributed by atoms with van der Waals surface area (Å²) in [7, 11) is 0. The minimum atomic E-state index is 0.0644. The third kappa shape index (κ3) is 7.75. The first kappa shape index (κ1) is 37.1. The number of nitrogens with zero attached hydrogens (tertiary/aromatic N) is 1. The lowest BCUT2D eigenvalue weighted by Crippen LogP contribution is -2.11. The van der Waals surface area contributed by atoms with Crippen LogP contribution in [0.3, 0.4) is 0 Å². The Bertz CT molecular complexity index is 1970. The Balaban J connectivity index is 1.77. The Hall–Kier alpha value is -4.62. The lowest BCUT2D eigenvalue weighted by atomic mass is 9.83. The number of rotatable bonds is 6. The van der Waals surface area contributed by atoms with E-state index in [1.165, 1.54) is 72.6 Å². The van der Waals surface area contributed by atoms with Gasteiger partial charge in [0.2, 0.25) is 0 Å². The van der Waals surface area contributed by atoms with Crippen LogP contribution < -0.4 is 0 Å². The van der Waals surface area contributed by atoms with Crippen LogP contribution in [0, 0.1) is 0 Å². The molecule has 1 nitrogen and oxygen atoms in total. The maximum atomic E-state index is 2.60. The van der Waals surface area contributed by atoms with Crippen LogP contribution in [0.2, 0.25) is 0 Å². The molecule has 1 aromatic heterocycles. The minimum absolute atomic E-state index is 0.0644. The van der Waals surface area contributed by atoms with E-state index in [9.17, 15) is 0 Å². The minimum Gasteiger partial charge on any atom is -0.335 e. The van der Waals surface area contributed by atoms with Gasteiger partial charge in [-0.05, 0) is 71.7 Å². The van der Waals surface area contributed by atoms with Crippen molar-refractivity contribution in [3.63, 3.8) is 0 Å². The van der Waals surface area contributed by atoms with Crippen LogP contribution in [0.1, 0.15) is 111 Å². The van der Waals surface area contributed by atoms with Gasteiger partial charge in [0.05, 0.1) is 11.4 Å². The van der Waals surface area contributed by atoms with Gasteiger partial charge in [-0.3, -0.25) is 0 Å². The Morgan fingerprint density at radius 2 is 0.596 bits per heavy atom. The highest BCUT2D eigenvalue weighted by Gasteiger charge is 2.29. The number of benzene rings is 5. The van der Waals surface area contributed by atoms with Gasteiger partial charge in [-0.15, -0.1) is 0 Å². The third-order valence-corrected chi connectivity index (χ3v) is 10.6. The largest absolute Gasteiger partial charge is 0.335 e. The highest BCUT2D eigenvalue weighted by atomic mass is 15.0. The Labute approximate surface area is 314 Å². The summed E-state index contributed by atoms with van der Waals surface area (Å²) < 4.78 is 2.60. The molecular formula is C51H59N. The molecule has 0 fully saturated rings. The van der Waals surface area contributed by atoms with Gasteiger partial charge in [-0.2, -0.15) is 0 Å². The van der Waals surface area contributed by atoms with Crippen molar-refractivity contribution in [1.29, 1.82) is 0 Å². The second-order valence-corrected chi connectivity index (χ2v) is 18.8. The first-order valence-corrected chi connectivity index (χ1v) is 19.1. The van der Waals surface area contributed by atoms with Crippen LogP contribution in [0.4, 0.5) is 0 Å². The van der Waals surface area contributed by atoms with E-state index in [2.05, 4.69) is 215 Å². The van der Waals surface area contributed by atoms with Crippen molar-refractivity contribution < 1.29 is 0 Å². The molecule has 0 spiro atoms. The van der Waals surface area contributed by atoms with Crippen molar-refractivity contribution in [2.45, 2.75) is 111 Å². The average molecular weight is 686 g/mol. The summed E-state index contributed by atoms with van der Waals surface area (Å²) in [5, 5.41) is 0. The molecule has 1 heterocycles. The van der Waals surface area contributed by atoms with E-state index in [0.717, 1.165) is 6.54 Å². The summed E-state index contributed by atoms with van der Waals surface area (Å²) in [6.45, 7) is 28.3. The lowest BCUT2D eigenvalue weighted by molar-refractivity contribution is 0.590. The second-order valence-electron chi connectivity index (χ2n) is 18.8. The quantitative estimate of drug-likeness (QED) is 0.164. The maximum Gasteiger partial charge on any atom is 0.0574 e. The van der Waals surface area contributed by atoms with Crippen molar-refractivity contribution in [2.75, 3.05) is 0 Å². The van der Waals surface area contributed by atoms with Crippen LogP contribution in [-0.2, 0) is 28.2 Å². The molecule has 0 amide bonds. The van der Waals surface area contributed by atoms with Gasteiger partial charge in [0, 0.05) is 17.7 Å². The van der Waals surface area contributed by atoms with Gasteiger partial charge in [0.1, 0.15) is 0 Å². The van der Waals surface area contributed by atoms with Crippen LogP contribution in [0.15, 0.2) is 127 Å². The fourth-order valence-electron chi connectivity index (χ4n) is 7.24. The summed E-state index contributed by atoms with van der Waals surface area (Å²) in [6, 6.07) is 48.4. The number of hydrogen-bond donors (Lipinski definition) is 0. The predicted molar refractivity (Wildman–Crippen MR) is 227 cm³/mol. The molecule has 0 aliphatic carbocycles. The molecule has 5 aromatic carbocycles. The van der Waals surface area contributed by atoms with Crippen LogP contribution in [0.5, 0.6) is 0 Å². The zero-order valence-electron chi connectivity index (χ0n) is 33.8. The van der Waals surface area contributed by atoms with Gasteiger partial charge >= 0.3 is 0 Å². The van der Waals surface area contributed by atoms with Gasteiger partial charge in [-0.25, -0.2) is 0 Å². The fraction of sp³-hybridized carbons (Fsp3) is 0.333. The molecule has 0 saturated carbocycles. The van der Waals surface area contributed by atoms with Crippen molar-refractivity contribution in [3.8, 4) is 44.8 Å². The fourth-order valence-corrected chi connectivity index (χ4v) is 7.24. The molecule has 0 atom stereocenters. The summed E-state index contributed by atoms with van der Waals surface area (Å²) in [6.07, 6.45) is 0. The molecule has 6 rings (SSSR count). The van der Waals surface area contributed by atoms with E-state index in [-0.39, 0.29) is 21.7 Å². The second kappa shape index (κ2) is 13.7. The molecule has 268 valence electrons. The van der Waals surface area contributed by atoms with Crippen molar-refractivity contribution in [1.82, 2.24) is 4.57 Å². The first-order valence-electron chi connectivity index (χ1n) is 19.1. The van der Waals surface area contributed by atoms with Gasteiger partial charge in [0.25, 0.3) is 0 Å². The van der Waals surface area contributed by atoms with E-state index < -0.39 is 0 Å². The zero-order valence-corrected chi connectivity index (χ0v) is 33.8. The number of aromatic nitrogens is 1. The molecule has 0 N–H and O–H groups in total. The molecule has 0 saturated heterocycles. The van der Waals surface area contributed by atoms with Gasteiger partial charge in [0.15, 0.2) is 0 Å². The SMILES string of the molecule is CC(C)(C)c1ccc(-c2c(-c3ccc(C(C)(C)C)cc3)c(-c3ccc(C(C)(C)C)cc3)n(Cc3ccccc3)c2-c2ccc(C(C)(C)C)cc2)cc1. The lowest BCUT2D eigenvalue weighted by Gasteiger charge is -2.21. The van der Waals surface area contributed by atoms with Gasteiger partial charge in [-0.1, -0.05) is 210 Å². The molecule has 0 aliphatic rings. The molecular weight excluding hydrogens is 627 g/mol. The standard InChI is InChI=1S/C51H59N/c1-48(2,3)40-26-18-36(19-27-40)44-45(37-20-28-41(29-21-37)49(4,5)6)47(39-24-32-43(33-25-39)51(10,11)12)52(34-35-16-14-13-15-17-35)46(44)38-22-30-42(31-23-38)50(7,8)9/h13-33H,34H2,1-12H3. The normalized spacial score (nSPS) is 12.7. The molecule has 52 heavy (non-hydrogen) atoms. The highest BCUT2D eigenvalue weighted by Crippen LogP contribution is 2.50. The summed E-state index contributed by atoms with van der Waals surface area (Å²) in [5.41, 5.74) is 16.9. The molecule has 0 radical (unpaired) electrons. The van der Waals surface area contributed by atoms with E-state index >= 15 is 0 Å². The summed E-state index contributed by atoms with van der Waals surface area (Å²) in [4.78, 5) is 0. The van der Waals surface area contributed by atoms with E-state index in [1.807, 2.05) is 0 Å². The molecule has 6 aromatic rings. The van der Waals surface area contributed by atoms with E-state index in [0.29, 0.717) is 0 Å². The smallest absolute Gasteiger partial charge is 0.0574 e. The Kier molecular flexibility index (Phi) is 9.81. The highest BCUT2D eigenvalue weighted by molar-refractivity contribution is 6.02. The summed E-state index contributed by atoms with van der Waals surface area (Å²) in [5.74, 6) is 0. The van der Waals surface area contributed by atoms with E-state index in [4.69, 9.17) is 0 Å². The Morgan fingerprint density at radius 1 is 0.327 bits per heavy atom. The monoisotopic (exact) mass is 685 g/mol. The molecule has 0 unspecified atom stereocenters. The third-order valence-electron chi connectivity index (χ3n) is 10.6. The van der Waals surface area contributed by atoms with Crippen molar-refractivity contribution in [3.05, 3.63) is 155 Å². The van der Waals surface area contributed by atoms with Crippen LogP contribution in [0.25, 0.3) is 44.8 Å². The van der Waals surface area contributed by atoms with Gasteiger partial charge < -0.3 is 4.57 Å². The molecule has 0 bridgehead atoms. The zero-order chi connectivity index (χ0) is 37.6. The van der Waals surface area contributed by atoms with Crippen LogP contribution >= 0.6 is 0 Å². The van der Waals surface area contributed by atoms with Crippen LogP contribution in [-0.4, -0.2) is 4.57 Å². The average Bonchev–Trinajstić information content (AvgIpc) is 3.42. The topological polar surface area (TPSA) is 4.93 Å². The number of hydrogen-bond acceptors (Lipinski definition) is 0. The van der Waals surface area contributed by atoms with E-state index in [1.54, 1.807) is 0 Å². The van der Waals surface area contributed by atoms with Crippen molar-refractivity contribution >= 4 is 0 Å². The maximum absolute atomic E-state index is 2.60. The molecule has 1 heteroatoms. The molecule has 0 aliphatic heterocycles. The Morgan fingerprint density at radius 3 is 0.865 bits per heavy atom. The first-order chi connectivity index (χ1) is 24.3. The predicted octanol–water partition coefficient (Wildman–Crippen LogP) is 14.4.